The first kappa shape index (κ1) is 13.8. The van der Waals surface area contributed by atoms with Gasteiger partial charge in [-0.25, -0.2) is 4.68 Å². The molecule has 19 heavy (non-hydrogen) atoms. The van der Waals surface area contributed by atoms with Crippen LogP contribution in [0.15, 0.2) is 28.9 Å². The highest BCUT2D eigenvalue weighted by molar-refractivity contribution is 9.10. The minimum absolute atomic E-state index is 0.394. The molecule has 0 unspecified atom stereocenters. The van der Waals surface area contributed by atoms with Crippen LogP contribution in [0, 0.1) is 0 Å². The lowest BCUT2D eigenvalue weighted by Crippen LogP contribution is -2.09. The van der Waals surface area contributed by atoms with E-state index in [-0.39, 0.29) is 0 Å². The van der Waals surface area contributed by atoms with E-state index in [0.29, 0.717) is 19.7 Å². The molecule has 0 atom stereocenters. The third-order valence-corrected chi connectivity index (χ3v) is 3.13. The molecule has 0 radical (unpaired) electrons. The second-order valence-electron chi connectivity index (χ2n) is 3.82. The molecule has 2 rings (SSSR count). The van der Waals surface area contributed by atoms with Gasteiger partial charge >= 0.3 is 0 Å². The molecule has 1 aromatic carbocycles. The number of ether oxygens (including phenoxy) is 2. The first-order valence-corrected chi connectivity index (χ1v) is 6.57. The predicted octanol–water partition coefficient (Wildman–Crippen LogP) is 1.59. The molecule has 0 amide bonds. The SMILES string of the molecule is COc1ccc(OCCn2cc(CN)nn2)c(Br)c1. The van der Waals surface area contributed by atoms with E-state index < -0.39 is 0 Å². The largest absolute Gasteiger partial charge is 0.497 e. The van der Waals surface area contributed by atoms with Crippen molar-refractivity contribution in [3.63, 3.8) is 0 Å². The number of nitrogens with zero attached hydrogens (tertiary/aromatic N) is 3. The van der Waals surface area contributed by atoms with E-state index in [1.165, 1.54) is 0 Å². The predicted molar refractivity (Wildman–Crippen MR) is 74.1 cm³/mol. The molecule has 1 heterocycles. The van der Waals surface area contributed by atoms with Crippen LogP contribution in [0.3, 0.4) is 0 Å². The van der Waals surface area contributed by atoms with Gasteiger partial charge < -0.3 is 15.2 Å². The Morgan fingerprint density at radius 2 is 2.26 bits per heavy atom. The van der Waals surface area contributed by atoms with E-state index in [9.17, 15) is 0 Å². The highest BCUT2D eigenvalue weighted by atomic mass is 79.9. The molecule has 0 spiro atoms. The van der Waals surface area contributed by atoms with Crippen LogP contribution in [0.2, 0.25) is 0 Å². The van der Waals surface area contributed by atoms with E-state index in [1.807, 2.05) is 24.4 Å². The maximum absolute atomic E-state index is 5.66. The van der Waals surface area contributed by atoms with Crippen LogP contribution in [0.1, 0.15) is 5.69 Å². The molecule has 0 bridgehead atoms. The Hall–Kier alpha value is -1.60. The molecule has 1 aromatic heterocycles. The van der Waals surface area contributed by atoms with Gasteiger partial charge in [0.2, 0.25) is 0 Å². The highest BCUT2D eigenvalue weighted by Gasteiger charge is 2.04. The summed E-state index contributed by atoms with van der Waals surface area (Å²) in [5.41, 5.74) is 6.23. The molecule has 0 aliphatic carbocycles. The lowest BCUT2D eigenvalue weighted by atomic mass is 10.3. The first-order chi connectivity index (χ1) is 9.22. The van der Waals surface area contributed by atoms with Crippen LogP contribution in [-0.2, 0) is 13.1 Å². The van der Waals surface area contributed by atoms with Crippen molar-refractivity contribution in [1.82, 2.24) is 15.0 Å². The Bertz CT molecular complexity index is 544. The monoisotopic (exact) mass is 326 g/mol. The van der Waals surface area contributed by atoms with E-state index in [2.05, 4.69) is 26.2 Å². The van der Waals surface area contributed by atoms with E-state index in [0.717, 1.165) is 21.7 Å². The lowest BCUT2D eigenvalue weighted by molar-refractivity contribution is 0.287. The molecular formula is C12H15BrN4O2. The molecule has 0 aliphatic rings. The Kier molecular flexibility index (Phi) is 4.75. The summed E-state index contributed by atoms with van der Waals surface area (Å²) in [5, 5.41) is 7.85. The van der Waals surface area contributed by atoms with Gasteiger partial charge in [-0.1, -0.05) is 5.21 Å². The van der Waals surface area contributed by atoms with Crippen molar-refractivity contribution in [3.8, 4) is 11.5 Å². The Morgan fingerprint density at radius 3 is 2.89 bits per heavy atom. The summed E-state index contributed by atoms with van der Waals surface area (Å²) in [6, 6.07) is 5.56. The number of methoxy groups -OCH3 is 1. The molecule has 0 fully saturated rings. The van der Waals surface area contributed by atoms with Crippen molar-refractivity contribution < 1.29 is 9.47 Å². The highest BCUT2D eigenvalue weighted by Crippen LogP contribution is 2.28. The van der Waals surface area contributed by atoms with E-state index >= 15 is 0 Å². The van der Waals surface area contributed by atoms with Gasteiger partial charge in [-0.2, -0.15) is 0 Å². The topological polar surface area (TPSA) is 75.2 Å². The number of aromatic nitrogens is 3. The number of halogens is 1. The Labute approximate surface area is 119 Å². The summed E-state index contributed by atoms with van der Waals surface area (Å²) < 4.78 is 13.3. The van der Waals surface area contributed by atoms with E-state index in [4.69, 9.17) is 15.2 Å². The number of nitrogens with two attached hydrogens (primary N) is 1. The molecule has 2 aromatic rings. The zero-order valence-corrected chi connectivity index (χ0v) is 12.1. The number of hydrogen-bond acceptors (Lipinski definition) is 5. The summed E-state index contributed by atoms with van der Waals surface area (Å²) >= 11 is 3.43. The Balaban J connectivity index is 1.88. The fraction of sp³-hybridized carbons (Fsp3) is 0.333. The maximum atomic E-state index is 5.66. The fourth-order valence-corrected chi connectivity index (χ4v) is 1.99. The van der Waals surface area contributed by atoms with Crippen LogP contribution in [0.4, 0.5) is 0 Å². The third kappa shape index (κ3) is 3.68. The van der Waals surface area contributed by atoms with Crippen LogP contribution >= 0.6 is 15.9 Å². The minimum Gasteiger partial charge on any atom is -0.497 e. The van der Waals surface area contributed by atoms with Gasteiger partial charge in [0.15, 0.2) is 0 Å². The van der Waals surface area contributed by atoms with Gasteiger partial charge in [0, 0.05) is 12.7 Å². The summed E-state index contributed by atoms with van der Waals surface area (Å²) in [6.07, 6.45) is 1.81. The van der Waals surface area contributed by atoms with Crippen LogP contribution in [-0.4, -0.2) is 28.7 Å². The zero-order valence-electron chi connectivity index (χ0n) is 10.5. The lowest BCUT2D eigenvalue weighted by Gasteiger charge is -2.09. The Morgan fingerprint density at radius 1 is 1.42 bits per heavy atom. The molecule has 6 nitrogen and oxygen atoms in total. The molecular weight excluding hydrogens is 312 g/mol. The summed E-state index contributed by atoms with van der Waals surface area (Å²) in [5.74, 6) is 1.54. The van der Waals surface area contributed by atoms with Crippen molar-refractivity contribution >= 4 is 15.9 Å². The zero-order chi connectivity index (χ0) is 13.7. The molecule has 102 valence electrons. The maximum Gasteiger partial charge on any atom is 0.133 e. The second kappa shape index (κ2) is 6.53. The van der Waals surface area contributed by atoms with Crippen LogP contribution in [0.25, 0.3) is 0 Å². The van der Waals surface area contributed by atoms with Crippen molar-refractivity contribution in [2.45, 2.75) is 13.1 Å². The third-order valence-electron chi connectivity index (χ3n) is 2.51. The molecule has 0 saturated carbocycles. The minimum atomic E-state index is 0.394. The molecule has 2 N–H and O–H groups in total. The van der Waals surface area contributed by atoms with Crippen LogP contribution in [0.5, 0.6) is 11.5 Å². The quantitative estimate of drug-likeness (QED) is 0.872. The molecule has 0 saturated heterocycles. The van der Waals surface area contributed by atoms with E-state index in [1.54, 1.807) is 11.8 Å². The van der Waals surface area contributed by atoms with Gasteiger partial charge in [0.05, 0.1) is 23.8 Å². The summed E-state index contributed by atoms with van der Waals surface area (Å²) in [4.78, 5) is 0. The second-order valence-corrected chi connectivity index (χ2v) is 4.68. The van der Waals surface area contributed by atoms with Gasteiger partial charge in [-0.15, -0.1) is 5.10 Å². The first-order valence-electron chi connectivity index (χ1n) is 5.78. The molecule has 7 heteroatoms. The number of rotatable bonds is 6. The van der Waals surface area contributed by atoms with Crippen molar-refractivity contribution in [1.29, 1.82) is 0 Å². The van der Waals surface area contributed by atoms with Crippen LogP contribution < -0.4 is 15.2 Å². The van der Waals surface area contributed by atoms with Gasteiger partial charge in [0.25, 0.3) is 0 Å². The standard InChI is InChI=1S/C12H15BrN4O2/c1-18-10-2-3-12(11(13)6-10)19-5-4-17-8-9(7-14)15-16-17/h2-3,6,8H,4-5,7,14H2,1H3. The van der Waals surface area contributed by atoms with Gasteiger partial charge in [0.1, 0.15) is 18.1 Å². The van der Waals surface area contributed by atoms with Crippen molar-refractivity contribution in [2.24, 2.45) is 5.73 Å². The molecule has 0 aliphatic heterocycles. The average Bonchev–Trinajstić information content (AvgIpc) is 2.88. The normalized spacial score (nSPS) is 10.5. The number of benzene rings is 1. The average molecular weight is 327 g/mol. The fourth-order valence-electron chi connectivity index (χ4n) is 1.52. The van der Waals surface area contributed by atoms with Crippen molar-refractivity contribution in [2.75, 3.05) is 13.7 Å². The number of hydrogen-bond donors (Lipinski definition) is 1. The van der Waals surface area contributed by atoms with Gasteiger partial charge in [-0.05, 0) is 34.1 Å². The smallest absolute Gasteiger partial charge is 0.133 e. The van der Waals surface area contributed by atoms with Gasteiger partial charge in [-0.3, -0.25) is 0 Å². The summed E-state index contributed by atoms with van der Waals surface area (Å²) in [7, 11) is 1.63. The van der Waals surface area contributed by atoms with Crippen molar-refractivity contribution in [3.05, 3.63) is 34.6 Å². The summed E-state index contributed by atoms with van der Waals surface area (Å²) in [6.45, 7) is 1.51.